The molecule has 0 spiro atoms. The van der Waals surface area contributed by atoms with Crippen molar-refractivity contribution in [2.45, 2.75) is 39.0 Å². The van der Waals surface area contributed by atoms with Crippen molar-refractivity contribution in [3.63, 3.8) is 0 Å². The predicted molar refractivity (Wildman–Crippen MR) is 96.1 cm³/mol. The van der Waals surface area contributed by atoms with Gasteiger partial charge in [0.2, 0.25) is 0 Å². The lowest BCUT2D eigenvalue weighted by Gasteiger charge is -2.26. The first-order valence-electron chi connectivity index (χ1n) is 8.68. The van der Waals surface area contributed by atoms with Gasteiger partial charge in [-0.1, -0.05) is 23.8 Å². The van der Waals surface area contributed by atoms with Crippen molar-refractivity contribution in [2.75, 3.05) is 0 Å². The highest BCUT2D eigenvalue weighted by atomic mass is 19.1. The maximum atomic E-state index is 13.0. The van der Waals surface area contributed by atoms with E-state index in [9.17, 15) is 9.18 Å². The zero-order valence-corrected chi connectivity index (χ0v) is 14.7. The van der Waals surface area contributed by atoms with Crippen molar-refractivity contribution in [3.8, 4) is 5.95 Å². The second kappa shape index (κ2) is 6.44. The van der Waals surface area contributed by atoms with Crippen LogP contribution in [0, 0.1) is 19.7 Å². The van der Waals surface area contributed by atoms with Crippen LogP contribution in [0.5, 0.6) is 0 Å². The number of benzene rings is 1. The van der Waals surface area contributed by atoms with E-state index in [2.05, 4.69) is 47.1 Å². The number of nitrogens with zero attached hydrogens (tertiary/aromatic N) is 4. The van der Waals surface area contributed by atoms with Gasteiger partial charge in [-0.2, -0.15) is 9.78 Å². The van der Waals surface area contributed by atoms with Crippen molar-refractivity contribution in [1.29, 1.82) is 0 Å². The van der Waals surface area contributed by atoms with Crippen LogP contribution in [0.4, 0.5) is 4.39 Å². The van der Waals surface area contributed by atoms with Gasteiger partial charge in [0.1, 0.15) is 0 Å². The summed E-state index contributed by atoms with van der Waals surface area (Å²) in [6.45, 7) is 4.23. The molecule has 2 aromatic heterocycles. The Hall–Kier alpha value is -2.89. The number of aryl methyl sites for hydroxylation is 2. The molecule has 0 aliphatic heterocycles. The van der Waals surface area contributed by atoms with Gasteiger partial charge in [0.15, 0.2) is 5.82 Å². The number of fused-ring (bicyclic) bond motifs is 1. The number of rotatable bonds is 2. The van der Waals surface area contributed by atoms with Crippen molar-refractivity contribution >= 4 is 0 Å². The molecule has 1 aromatic carbocycles. The third-order valence-corrected chi connectivity index (χ3v) is 5.04. The van der Waals surface area contributed by atoms with Gasteiger partial charge in [-0.3, -0.25) is 4.79 Å². The molecule has 0 saturated heterocycles. The molecule has 0 N–H and O–H groups in total. The number of hydrogen-bond donors (Lipinski definition) is 0. The highest BCUT2D eigenvalue weighted by molar-refractivity contribution is 5.37. The van der Waals surface area contributed by atoms with E-state index in [0.717, 1.165) is 41.0 Å². The lowest BCUT2D eigenvalue weighted by molar-refractivity contribution is 0.561. The minimum atomic E-state index is -0.545. The summed E-state index contributed by atoms with van der Waals surface area (Å²) in [6.07, 6.45) is 6.19. The van der Waals surface area contributed by atoms with Gasteiger partial charge in [0.25, 0.3) is 11.5 Å². The van der Waals surface area contributed by atoms with E-state index >= 15 is 0 Å². The molecular formula is C20H19FN4O. The monoisotopic (exact) mass is 350 g/mol. The predicted octanol–water partition coefficient (Wildman–Crippen LogP) is 3.05. The Bertz CT molecular complexity index is 1030. The molecule has 3 aromatic rings. The fraction of sp³-hybridized carbons (Fsp3) is 0.300. The molecule has 1 aliphatic carbocycles. The van der Waals surface area contributed by atoms with Crippen LogP contribution in [0.25, 0.3) is 5.95 Å². The van der Waals surface area contributed by atoms with E-state index in [0.29, 0.717) is 12.3 Å². The normalized spacial score (nSPS) is 16.3. The van der Waals surface area contributed by atoms with Crippen LogP contribution in [0.2, 0.25) is 0 Å². The summed E-state index contributed by atoms with van der Waals surface area (Å²) in [5.74, 6) is -0.0611. The largest absolute Gasteiger partial charge is 0.277 e. The maximum Gasteiger partial charge on any atom is 0.277 e. The van der Waals surface area contributed by atoms with E-state index in [1.807, 2.05) is 0 Å². The van der Waals surface area contributed by atoms with Gasteiger partial charge in [0, 0.05) is 5.56 Å². The molecule has 0 radical (unpaired) electrons. The quantitative estimate of drug-likeness (QED) is 0.713. The molecule has 0 fully saturated rings. The molecule has 26 heavy (non-hydrogen) atoms. The number of aromatic nitrogens is 4. The minimum absolute atomic E-state index is 0.0932. The van der Waals surface area contributed by atoms with Gasteiger partial charge >= 0.3 is 0 Å². The van der Waals surface area contributed by atoms with E-state index in [4.69, 9.17) is 0 Å². The molecule has 6 heteroatoms. The first kappa shape index (κ1) is 16.6. The lowest BCUT2D eigenvalue weighted by Crippen LogP contribution is -2.30. The second-order valence-electron chi connectivity index (χ2n) is 6.87. The third kappa shape index (κ3) is 2.92. The maximum absolute atomic E-state index is 13.0. The average Bonchev–Trinajstić information content (AvgIpc) is 2.63. The smallest absolute Gasteiger partial charge is 0.267 e. The Labute approximate surface area is 150 Å². The molecule has 1 atom stereocenters. The van der Waals surface area contributed by atoms with E-state index in [-0.39, 0.29) is 11.5 Å². The summed E-state index contributed by atoms with van der Waals surface area (Å²) in [4.78, 5) is 20.5. The van der Waals surface area contributed by atoms with Crippen molar-refractivity contribution in [2.24, 2.45) is 0 Å². The molecular weight excluding hydrogens is 331 g/mol. The van der Waals surface area contributed by atoms with E-state index in [1.165, 1.54) is 16.7 Å². The van der Waals surface area contributed by atoms with E-state index in [1.54, 1.807) is 6.20 Å². The molecule has 0 amide bonds. The van der Waals surface area contributed by atoms with Crippen LogP contribution in [0.3, 0.4) is 0 Å². The van der Waals surface area contributed by atoms with Crippen LogP contribution in [0.15, 0.2) is 41.6 Å². The average molecular weight is 350 g/mol. The number of hydrogen-bond acceptors (Lipinski definition) is 4. The van der Waals surface area contributed by atoms with Crippen LogP contribution in [-0.2, 0) is 12.8 Å². The zero-order valence-electron chi connectivity index (χ0n) is 14.7. The Morgan fingerprint density at radius 2 is 1.92 bits per heavy atom. The van der Waals surface area contributed by atoms with Crippen LogP contribution in [-0.4, -0.2) is 19.7 Å². The summed E-state index contributed by atoms with van der Waals surface area (Å²) in [5, 5.41) is 4.21. The van der Waals surface area contributed by atoms with Gasteiger partial charge in [0.05, 0.1) is 18.6 Å². The van der Waals surface area contributed by atoms with Gasteiger partial charge < -0.3 is 0 Å². The fourth-order valence-electron chi connectivity index (χ4n) is 3.76. The molecule has 0 saturated carbocycles. The Balaban J connectivity index is 1.68. The molecule has 132 valence electrons. The van der Waals surface area contributed by atoms with Gasteiger partial charge in [-0.15, -0.1) is 0 Å². The zero-order chi connectivity index (χ0) is 18.3. The summed E-state index contributed by atoms with van der Waals surface area (Å²) in [5.41, 5.74) is 5.41. The second-order valence-corrected chi connectivity index (χ2v) is 6.87. The van der Waals surface area contributed by atoms with E-state index < -0.39 is 5.82 Å². The topological polar surface area (TPSA) is 60.7 Å². The van der Waals surface area contributed by atoms with Crippen molar-refractivity contribution in [1.82, 2.24) is 19.7 Å². The summed E-state index contributed by atoms with van der Waals surface area (Å²) in [6, 6.07) is 6.54. The van der Waals surface area contributed by atoms with Gasteiger partial charge in [-0.05, 0) is 55.7 Å². The molecule has 1 aliphatic rings. The lowest BCUT2D eigenvalue weighted by atomic mass is 9.79. The van der Waals surface area contributed by atoms with Crippen LogP contribution >= 0.6 is 0 Å². The molecule has 5 nitrogen and oxygen atoms in total. The number of halogens is 1. The Morgan fingerprint density at radius 3 is 2.65 bits per heavy atom. The highest BCUT2D eigenvalue weighted by Gasteiger charge is 2.25. The molecule has 4 rings (SSSR count). The van der Waals surface area contributed by atoms with Crippen molar-refractivity contribution in [3.05, 3.63) is 80.8 Å². The Kier molecular flexibility index (Phi) is 4.11. The summed E-state index contributed by atoms with van der Waals surface area (Å²) < 4.78 is 14.2. The minimum Gasteiger partial charge on any atom is -0.267 e. The standard InChI is InChI=1S/C20H19FN4O/c1-12-3-5-17(13(2)7-12)14-4-6-18-15(8-14)9-24-25(19(18)26)20-22-10-16(21)11-23-20/h3,5,7,9-11,14H,4,6,8H2,1-2H3. The first-order chi connectivity index (χ1) is 12.5. The van der Waals surface area contributed by atoms with Crippen molar-refractivity contribution < 1.29 is 4.39 Å². The highest BCUT2D eigenvalue weighted by Crippen LogP contribution is 2.33. The third-order valence-electron chi connectivity index (χ3n) is 5.04. The van der Waals surface area contributed by atoms with Crippen LogP contribution < -0.4 is 5.56 Å². The molecule has 0 bridgehead atoms. The summed E-state index contributed by atoms with van der Waals surface area (Å²) >= 11 is 0. The fourth-order valence-corrected chi connectivity index (χ4v) is 3.76. The van der Waals surface area contributed by atoms with Crippen LogP contribution in [0.1, 0.15) is 40.2 Å². The molecule has 2 heterocycles. The Morgan fingerprint density at radius 1 is 1.15 bits per heavy atom. The van der Waals surface area contributed by atoms with Gasteiger partial charge in [-0.25, -0.2) is 14.4 Å². The SMILES string of the molecule is Cc1ccc(C2CCc3c(cnn(-c4ncc(F)cn4)c3=O)C2)c(C)c1. The first-order valence-corrected chi connectivity index (χ1v) is 8.68. The summed E-state index contributed by atoms with van der Waals surface area (Å²) in [7, 11) is 0. The molecule has 1 unspecified atom stereocenters.